The van der Waals surface area contributed by atoms with Crippen LogP contribution in [0.5, 0.6) is 28.7 Å². The summed E-state index contributed by atoms with van der Waals surface area (Å²) in [6.07, 6.45) is 0. The molecule has 0 saturated carbocycles. The number of benzene rings is 7. The highest BCUT2D eigenvalue weighted by atomic mass is 32.2. The zero-order valence-electron chi connectivity index (χ0n) is 38.6. The van der Waals surface area contributed by atoms with Gasteiger partial charge in [-0.25, -0.2) is 0 Å². The Morgan fingerprint density at radius 1 is 0.444 bits per heavy atom. The molecule has 5 N–H and O–H groups in total. The number of fused-ring (bicyclic) bond motifs is 1. The van der Waals surface area contributed by atoms with E-state index in [-0.39, 0.29) is 50.8 Å². The van der Waals surface area contributed by atoms with Crippen LogP contribution < -0.4 is 24.3 Å². The van der Waals surface area contributed by atoms with Crippen LogP contribution in [0.3, 0.4) is 0 Å². The third-order valence-electron chi connectivity index (χ3n) is 10.4. The molecule has 26 heteroatoms. The number of aromatic hydroxyl groups is 1. The molecular weight excluding hydrogens is 999 g/mol. The summed E-state index contributed by atoms with van der Waals surface area (Å²) < 4.78 is 123. The number of anilines is 2. The van der Waals surface area contributed by atoms with Gasteiger partial charge in [0.15, 0.2) is 5.75 Å². The molecule has 7 rings (SSSR count). The van der Waals surface area contributed by atoms with Gasteiger partial charge in [-0.3, -0.25) is 13.7 Å². The van der Waals surface area contributed by atoms with Crippen molar-refractivity contribution in [3.8, 4) is 28.7 Å². The second-order valence-corrected chi connectivity index (χ2v) is 19.4. The third-order valence-corrected chi connectivity index (χ3v) is 13.0. The van der Waals surface area contributed by atoms with Crippen LogP contribution >= 0.6 is 0 Å². The number of nitrogens with zero attached hydrogens (tertiary/aromatic N) is 8. The van der Waals surface area contributed by atoms with Crippen molar-refractivity contribution >= 4 is 98.0 Å². The van der Waals surface area contributed by atoms with Gasteiger partial charge in [0.05, 0.1) is 50.4 Å². The number of phenols is 1. The summed E-state index contributed by atoms with van der Waals surface area (Å²) in [6.45, 7) is 3.43. The molecule has 7 aromatic rings. The van der Waals surface area contributed by atoms with Gasteiger partial charge in [0, 0.05) is 35.0 Å². The Morgan fingerprint density at radius 2 is 0.958 bits per heavy atom. The molecule has 0 radical (unpaired) electrons. The normalized spacial score (nSPS) is 12.4. The Morgan fingerprint density at radius 3 is 1.53 bits per heavy atom. The summed E-state index contributed by atoms with van der Waals surface area (Å²) in [5, 5.41) is 48.6. The van der Waals surface area contributed by atoms with Gasteiger partial charge in [0.2, 0.25) is 0 Å². The van der Waals surface area contributed by atoms with E-state index < -0.39 is 56.5 Å². The lowest BCUT2D eigenvalue weighted by molar-refractivity contribution is 0.404. The molecule has 0 aliphatic rings. The van der Waals surface area contributed by atoms with Crippen molar-refractivity contribution in [3.63, 3.8) is 0 Å². The van der Waals surface area contributed by atoms with Gasteiger partial charge in [-0.15, -0.1) is 25.6 Å². The molecular formula is C46H41N9O14S3. The van der Waals surface area contributed by atoms with Crippen LogP contribution in [0.15, 0.2) is 165 Å². The van der Waals surface area contributed by atoms with Crippen molar-refractivity contribution < 1.29 is 63.0 Å². The fourth-order valence-corrected chi connectivity index (χ4v) is 8.67. The second-order valence-electron chi connectivity index (χ2n) is 15.2. The third kappa shape index (κ3) is 11.8. The minimum absolute atomic E-state index is 0.0334. The summed E-state index contributed by atoms with van der Waals surface area (Å²) in [4.78, 5) is -2.35. The lowest BCUT2D eigenvalue weighted by Crippen LogP contribution is -2.03. The number of nitrogens with one attached hydrogen (secondary N) is 1. The number of aryl methyl sites for hydroxylation is 2. The number of rotatable bonds is 17. The molecule has 7 aromatic carbocycles. The molecule has 0 aliphatic heterocycles. The first-order valence-electron chi connectivity index (χ1n) is 20.6. The Hall–Kier alpha value is -8.27. The summed E-state index contributed by atoms with van der Waals surface area (Å²) in [6, 6.07) is 26.3. The lowest BCUT2D eigenvalue weighted by Gasteiger charge is -2.12. The molecule has 72 heavy (non-hydrogen) atoms. The van der Waals surface area contributed by atoms with Crippen molar-refractivity contribution in [1.82, 2.24) is 0 Å². The largest absolute Gasteiger partial charge is 0.505 e. The van der Waals surface area contributed by atoms with E-state index >= 15 is 0 Å². The maximum absolute atomic E-state index is 12.6. The van der Waals surface area contributed by atoms with E-state index in [2.05, 4.69) is 46.2 Å². The zero-order valence-corrected chi connectivity index (χ0v) is 41.0. The minimum Gasteiger partial charge on any atom is -0.505 e. The topological polar surface area (TPSA) is 331 Å². The van der Waals surface area contributed by atoms with Crippen LogP contribution in [-0.4, -0.2) is 72.5 Å². The van der Waals surface area contributed by atoms with Crippen LogP contribution in [0.4, 0.5) is 56.9 Å². The fraction of sp³-hybridized carbons (Fsp3) is 0.130. The van der Waals surface area contributed by atoms with Crippen LogP contribution in [0, 0.1) is 13.8 Å². The highest BCUT2D eigenvalue weighted by Gasteiger charge is 2.24. The zero-order chi connectivity index (χ0) is 52.1. The number of phenolic OH excluding ortho intramolecular Hbond substituents is 1. The number of hydrogen-bond acceptors (Lipinski definition) is 20. The molecule has 0 atom stereocenters. The molecule has 0 bridgehead atoms. The average Bonchev–Trinajstić information content (AvgIpc) is 3.33. The van der Waals surface area contributed by atoms with Gasteiger partial charge in [0.25, 0.3) is 30.4 Å². The number of azo groups is 4. The molecule has 372 valence electrons. The van der Waals surface area contributed by atoms with Gasteiger partial charge in [0.1, 0.15) is 61.2 Å². The highest BCUT2D eigenvalue weighted by molar-refractivity contribution is 7.87. The van der Waals surface area contributed by atoms with Gasteiger partial charge >= 0.3 is 0 Å². The van der Waals surface area contributed by atoms with E-state index in [4.69, 9.17) is 18.9 Å². The predicted molar refractivity (Wildman–Crippen MR) is 263 cm³/mol. The highest BCUT2D eigenvalue weighted by Crippen LogP contribution is 2.46. The van der Waals surface area contributed by atoms with E-state index in [1.165, 1.54) is 45.6 Å². The van der Waals surface area contributed by atoms with E-state index in [9.17, 15) is 44.0 Å². The summed E-state index contributed by atoms with van der Waals surface area (Å²) in [5.41, 5.74) is 3.11. The SMILES string of the molecule is COc1ccc(Nc2ccc3c(O)c(N=Nc4cc(OC)c(N=Nc5cc(C)c(N=Nc6ccc(N=Nc7ccc(S(=O)(=O)O)cc7S(=O)(=O)O)c(C)c6)cc5OC)cc4OC)c(S(=O)(=O)O)cc3c2)cc1. The van der Waals surface area contributed by atoms with Gasteiger partial charge < -0.3 is 29.4 Å². The molecule has 0 heterocycles. The Bertz CT molecular complexity index is 3740. The maximum atomic E-state index is 12.6. The quantitative estimate of drug-likeness (QED) is 0.0418. The van der Waals surface area contributed by atoms with Crippen LogP contribution in [-0.2, 0) is 30.4 Å². The first-order chi connectivity index (χ1) is 34.1. The molecule has 0 amide bonds. The van der Waals surface area contributed by atoms with Gasteiger partial charge in [-0.05, 0) is 121 Å². The maximum Gasteiger partial charge on any atom is 0.296 e. The van der Waals surface area contributed by atoms with E-state index in [0.29, 0.717) is 51.4 Å². The van der Waals surface area contributed by atoms with E-state index in [1.807, 2.05) is 0 Å². The van der Waals surface area contributed by atoms with Crippen molar-refractivity contribution in [3.05, 3.63) is 120 Å². The molecule has 0 spiro atoms. The Kier molecular flexibility index (Phi) is 15.0. The summed E-state index contributed by atoms with van der Waals surface area (Å²) in [5.74, 6) is 0.607. The summed E-state index contributed by atoms with van der Waals surface area (Å²) in [7, 11) is -8.98. The van der Waals surface area contributed by atoms with E-state index in [0.717, 1.165) is 12.1 Å². The van der Waals surface area contributed by atoms with Gasteiger partial charge in [-0.1, -0.05) is 0 Å². The number of methoxy groups -OCH3 is 4. The second kappa shape index (κ2) is 21.0. The summed E-state index contributed by atoms with van der Waals surface area (Å²) >= 11 is 0. The van der Waals surface area contributed by atoms with E-state index in [1.54, 1.807) is 87.7 Å². The van der Waals surface area contributed by atoms with Crippen molar-refractivity contribution in [2.75, 3.05) is 33.8 Å². The van der Waals surface area contributed by atoms with Crippen LogP contribution in [0.25, 0.3) is 10.8 Å². The van der Waals surface area contributed by atoms with Crippen LogP contribution in [0.1, 0.15) is 11.1 Å². The smallest absolute Gasteiger partial charge is 0.296 e. The lowest BCUT2D eigenvalue weighted by atomic mass is 10.1. The van der Waals surface area contributed by atoms with Gasteiger partial charge in [-0.2, -0.15) is 40.6 Å². The molecule has 0 unspecified atom stereocenters. The Labute approximate surface area is 411 Å². The Balaban J connectivity index is 1.11. The van der Waals surface area contributed by atoms with Crippen molar-refractivity contribution in [2.24, 2.45) is 40.9 Å². The predicted octanol–water partition coefficient (Wildman–Crippen LogP) is 12.3. The minimum atomic E-state index is -4.95. The molecule has 0 aliphatic carbocycles. The van der Waals surface area contributed by atoms with Crippen molar-refractivity contribution in [1.29, 1.82) is 0 Å². The average molecular weight is 1040 g/mol. The number of hydrogen-bond donors (Lipinski definition) is 5. The standard InChI is InChI=1S/C46H41N9O14S3/c1-25-17-30(10-15-34(25)49-50-35-16-13-32(70(57,58)59)21-43(35)71(60,61)62)48-51-36-22-40(67-4)37(18-26(36)2)52-53-38-23-42(69-6)39(24-41(38)68-5)54-55-45-44(72(63,64)65)20-27-19-29(9-14-33(27)46(45)56)47-28-7-11-31(66-3)12-8-28/h7-24,47,56H,1-6H3,(H,57,58,59)(H,60,61,62)(H,63,64,65). The molecule has 23 nitrogen and oxygen atoms in total. The molecule has 0 aromatic heterocycles. The first-order valence-corrected chi connectivity index (χ1v) is 24.9. The van der Waals surface area contributed by atoms with Crippen LogP contribution in [0.2, 0.25) is 0 Å². The van der Waals surface area contributed by atoms with Crippen molar-refractivity contribution in [2.45, 2.75) is 28.5 Å². The first kappa shape index (κ1) is 51.6. The number of ether oxygens (including phenoxy) is 4. The molecule has 0 fully saturated rings. The monoisotopic (exact) mass is 1040 g/mol. The molecule has 0 saturated heterocycles. The fourth-order valence-electron chi connectivity index (χ4n) is 6.79.